The van der Waals surface area contributed by atoms with Crippen LogP contribution in [0.4, 0.5) is 0 Å². The van der Waals surface area contributed by atoms with Gasteiger partial charge >= 0.3 is 29.8 Å². The minimum absolute atomic E-state index is 0.0326. The van der Waals surface area contributed by atoms with Gasteiger partial charge in [0.1, 0.15) is 11.7 Å². The fraction of sp³-hybridized carbons (Fsp3) is 0.558. The van der Waals surface area contributed by atoms with Crippen molar-refractivity contribution in [1.82, 2.24) is 0 Å². The highest BCUT2D eigenvalue weighted by molar-refractivity contribution is 5.85. The molecule has 2 fully saturated rings. The van der Waals surface area contributed by atoms with Gasteiger partial charge in [-0.15, -0.1) is 0 Å². The van der Waals surface area contributed by atoms with Gasteiger partial charge in [-0.1, -0.05) is 94.1 Å². The van der Waals surface area contributed by atoms with Crippen LogP contribution in [0, 0.1) is 5.92 Å². The molecule has 12 nitrogen and oxygen atoms in total. The number of carbonyl (C=O) groups is 5. The molecule has 298 valence electrons. The molecule has 12 heteroatoms. The van der Waals surface area contributed by atoms with E-state index in [4.69, 9.17) is 23.7 Å². The van der Waals surface area contributed by atoms with E-state index in [-0.39, 0.29) is 30.4 Å². The largest absolute Gasteiger partial charge is 0.459 e. The summed E-state index contributed by atoms with van der Waals surface area (Å²) < 4.78 is 29.9. The highest BCUT2D eigenvalue weighted by Gasteiger charge is 2.76. The van der Waals surface area contributed by atoms with Gasteiger partial charge in [0.15, 0.2) is 29.5 Å². The maximum atomic E-state index is 13.8. The number of unbranched alkanes of at least 4 members (excludes halogenated alkanes) is 4. The van der Waals surface area contributed by atoms with E-state index in [9.17, 15) is 34.2 Å². The summed E-state index contributed by atoms with van der Waals surface area (Å²) in [6.45, 7) is 9.23. The van der Waals surface area contributed by atoms with Gasteiger partial charge in [-0.25, -0.2) is 4.79 Å². The summed E-state index contributed by atoms with van der Waals surface area (Å²) in [5.74, 6) is -5.03. The molecule has 0 aromatic heterocycles. The van der Waals surface area contributed by atoms with E-state index in [2.05, 4.69) is 6.92 Å². The Bertz CT molecular complexity index is 1760. The van der Waals surface area contributed by atoms with Gasteiger partial charge in [-0.3, -0.25) is 19.2 Å². The number of fused-ring (bicyclic) bond motifs is 3. The van der Waals surface area contributed by atoms with Crippen LogP contribution >= 0.6 is 0 Å². The first-order chi connectivity index (χ1) is 26.1. The maximum absolute atomic E-state index is 13.8. The van der Waals surface area contributed by atoms with Gasteiger partial charge in [0, 0.05) is 26.2 Å². The SMILES string of the molecule is CCCCCCCC(=O)O[C@H]1[C@H]2C(=C(C)[C@@H]1OC(=O)Cc1ccc(-c3ccccc3)cc1)[C@@H]1OC(=O)[C@@](C)(O)[C@@]1(O)[C@@H](OC(=O)CCC)C[C@]2(C)OC(C)=O. The summed E-state index contributed by atoms with van der Waals surface area (Å²) in [4.78, 5) is 66.5. The van der Waals surface area contributed by atoms with Crippen LogP contribution in [-0.4, -0.2) is 81.3 Å². The first-order valence-corrected chi connectivity index (χ1v) is 19.4. The third-order valence-electron chi connectivity index (χ3n) is 11.2. The summed E-state index contributed by atoms with van der Waals surface area (Å²) in [5, 5.41) is 24.2. The second-order valence-corrected chi connectivity index (χ2v) is 15.4. The number of hydrogen-bond donors (Lipinski definition) is 2. The molecule has 1 saturated heterocycles. The van der Waals surface area contributed by atoms with E-state index in [0.717, 1.165) is 43.7 Å². The van der Waals surface area contributed by atoms with E-state index in [1.807, 2.05) is 54.6 Å². The Balaban J connectivity index is 1.56. The van der Waals surface area contributed by atoms with Crippen molar-refractivity contribution in [2.24, 2.45) is 5.92 Å². The molecule has 8 atom stereocenters. The third-order valence-corrected chi connectivity index (χ3v) is 11.2. The molecule has 0 unspecified atom stereocenters. The van der Waals surface area contributed by atoms with E-state index < -0.39 is 83.4 Å². The predicted octanol–water partition coefficient (Wildman–Crippen LogP) is 5.87. The molecule has 0 bridgehead atoms. The highest BCUT2D eigenvalue weighted by atomic mass is 16.6. The first kappa shape index (κ1) is 41.6. The first-order valence-electron chi connectivity index (χ1n) is 19.4. The number of esters is 5. The lowest BCUT2D eigenvalue weighted by Gasteiger charge is -2.41. The van der Waals surface area contributed by atoms with Crippen molar-refractivity contribution in [3.63, 3.8) is 0 Å². The quantitative estimate of drug-likeness (QED) is 0.0959. The minimum atomic E-state index is -2.60. The Kier molecular flexibility index (Phi) is 12.9. The smallest absolute Gasteiger partial charge is 0.341 e. The van der Waals surface area contributed by atoms with Gasteiger partial charge < -0.3 is 33.9 Å². The van der Waals surface area contributed by atoms with Gasteiger partial charge in [0.2, 0.25) is 0 Å². The van der Waals surface area contributed by atoms with Gasteiger partial charge in [0.25, 0.3) is 0 Å². The molecule has 0 amide bonds. The molecule has 1 saturated carbocycles. The average Bonchev–Trinajstić information content (AvgIpc) is 3.46. The lowest BCUT2D eigenvalue weighted by atomic mass is 9.75. The Morgan fingerprint density at radius 1 is 0.800 bits per heavy atom. The van der Waals surface area contributed by atoms with Crippen molar-refractivity contribution in [2.75, 3.05) is 0 Å². The molecule has 2 N–H and O–H groups in total. The molecule has 0 radical (unpaired) electrons. The Hall–Kier alpha value is -4.55. The molecule has 1 heterocycles. The van der Waals surface area contributed by atoms with Crippen LogP contribution in [0.1, 0.15) is 105 Å². The van der Waals surface area contributed by atoms with Crippen LogP contribution in [0.15, 0.2) is 65.7 Å². The molecule has 2 aliphatic carbocycles. The van der Waals surface area contributed by atoms with Crippen molar-refractivity contribution in [3.05, 3.63) is 71.3 Å². The molecule has 3 aliphatic rings. The van der Waals surface area contributed by atoms with Crippen molar-refractivity contribution in [1.29, 1.82) is 0 Å². The fourth-order valence-electron chi connectivity index (χ4n) is 8.37. The molecular formula is C43H54O12. The zero-order valence-electron chi connectivity index (χ0n) is 32.6. The van der Waals surface area contributed by atoms with Crippen LogP contribution in [0.3, 0.4) is 0 Å². The number of hydrogen-bond acceptors (Lipinski definition) is 12. The van der Waals surface area contributed by atoms with E-state index in [1.54, 1.807) is 13.8 Å². The summed E-state index contributed by atoms with van der Waals surface area (Å²) in [6.07, 6.45) is -1.63. The van der Waals surface area contributed by atoms with Crippen LogP contribution in [0.2, 0.25) is 0 Å². The highest BCUT2D eigenvalue weighted by Crippen LogP contribution is 2.57. The van der Waals surface area contributed by atoms with E-state index >= 15 is 0 Å². The van der Waals surface area contributed by atoms with Crippen molar-refractivity contribution >= 4 is 29.8 Å². The molecule has 5 rings (SSSR count). The predicted molar refractivity (Wildman–Crippen MR) is 200 cm³/mol. The number of rotatable bonds is 15. The monoisotopic (exact) mass is 762 g/mol. The van der Waals surface area contributed by atoms with Crippen LogP contribution in [-0.2, 0) is 54.1 Å². The standard InChI is InChI=1S/C43H54O12/c1-7-9-10-11-15-19-33(46)52-38-36-35(26(3)37(38)53-34(47)24-28-20-22-30(23-21-28)29-17-13-12-14-18-29)39-43(50,42(6,49)40(48)54-39)31(51-32(45)16-8-2)25-41(36,5)55-27(4)44/h12-14,17-18,20-23,31,36-39,49-50H,7-11,15-16,19,24-25H2,1-6H3/t31-,36+,37-,38-,39-,41-,42+,43+/m0/s1. The third kappa shape index (κ3) is 8.50. The number of aliphatic hydroxyl groups is 2. The lowest BCUT2D eigenvalue weighted by Crippen LogP contribution is -2.64. The molecular weight excluding hydrogens is 708 g/mol. The van der Waals surface area contributed by atoms with Gasteiger partial charge in [-0.2, -0.15) is 0 Å². The number of carbonyl (C=O) groups excluding carboxylic acids is 5. The Labute approximate surface area is 322 Å². The second kappa shape index (κ2) is 17.1. The summed E-state index contributed by atoms with van der Waals surface area (Å²) in [5.41, 5.74) is -3.84. The van der Waals surface area contributed by atoms with Crippen LogP contribution < -0.4 is 0 Å². The zero-order chi connectivity index (χ0) is 40.1. The van der Waals surface area contributed by atoms with Gasteiger partial charge in [-0.05, 0) is 61.4 Å². The van der Waals surface area contributed by atoms with E-state index in [1.165, 1.54) is 13.8 Å². The average molecular weight is 763 g/mol. The number of ether oxygens (including phenoxy) is 5. The Morgan fingerprint density at radius 2 is 1.44 bits per heavy atom. The van der Waals surface area contributed by atoms with Crippen molar-refractivity contribution in [3.8, 4) is 11.1 Å². The molecule has 1 aliphatic heterocycles. The maximum Gasteiger partial charge on any atom is 0.341 e. The number of benzene rings is 2. The lowest BCUT2D eigenvalue weighted by molar-refractivity contribution is -0.212. The Morgan fingerprint density at radius 3 is 2.07 bits per heavy atom. The normalized spacial score (nSPS) is 29.7. The fourth-order valence-corrected chi connectivity index (χ4v) is 8.37. The summed E-state index contributed by atoms with van der Waals surface area (Å²) in [6, 6.07) is 17.2. The minimum Gasteiger partial charge on any atom is -0.459 e. The molecule has 2 aromatic rings. The van der Waals surface area contributed by atoms with Crippen LogP contribution in [0.5, 0.6) is 0 Å². The summed E-state index contributed by atoms with van der Waals surface area (Å²) in [7, 11) is 0. The van der Waals surface area contributed by atoms with Crippen molar-refractivity contribution < 1.29 is 57.9 Å². The van der Waals surface area contributed by atoms with E-state index in [0.29, 0.717) is 18.4 Å². The van der Waals surface area contributed by atoms with Gasteiger partial charge in [0.05, 0.1) is 12.3 Å². The summed E-state index contributed by atoms with van der Waals surface area (Å²) >= 11 is 0. The molecule has 55 heavy (non-hydrogen) atoms. The molecule has 2 aromatic carbocycles. The topological polar surface area (TPSA) is 172 Å². The zero-order valence-corrected chi connectivity index (χ0v) is 32.6. The molecule has 0 spiro atoms. The second-order valence-electron chi connectivity index (χ2n) is 15.4. The van der Waals surface area contributed by atoms with Crippen LogP contribution in [0.25, 0.3) is 11.1 Å². The van der Waals surface area contributed by atoms with Crippen molar-refractivity contribution in [2.45, 2.75) is 147 Å².